The Morgan fingerprint density at radius 1 is 1.00 bits per heavy atom. The zero-order valence-corrected chi connectivity index (χ0v) is 14.9. The second-order valence-corrected chi connectivity index (χ2v) is 7.25. The Morgan fingerprint density at radius 2 is 1.58 bits per heavy atom. The molecule has 1 saturated heterocycles. The van der Waals surface area contributed by atoms with Crippen molar-refractivity contribution in [3.8, 4) is 11.1 Å². The highest BCUT2D eigenvalue weighted by Crippen LogP contribution is 2.44. The number of benzene rings is 2. The lowest BCUT2D eigenvalue weighted by Gasteiger charge is -2.31. The third kappa shape index (κ3) is 3.21. The van der Waals surface area contributed by atoms with Crippen molar-refractivity contribution in [2.75, 3.05) is 26.3 Å². The van der Waals surface area contributed by atoms with Gasteiger partial charge < -0.3 is 14.7 Å². The first-order valence-corrected chi connectivity index (χ1v) is 9.48. The quantitative estimate of drug-likeness (QED) is 0.905. The molecule has 1 aliphatic carbocycles. The number of hydrogen-bond donors (Lipinski definition) is 1. The second kappa shape index (κ2) is 7.50. The minimum atomic E-state index is -0.214. The molecule has 26 heavy (non-hydrogen) atoms. The molecule has 2 aromatic carbocycles. The molecule has 2 aromatic rings. The maximum Gasteiger partial charge on any atom is 0.409 e. The van der Waals surface area contributed by atoms with Gasteiger partial charge in [-0.3, -0.25) is 0 Å². The van der Waals surface area contributed by atoms with E-state index >= 15 is 0 Å². The van der Waals surface area contributed by atoms with Crippen LogP contribution in [-0.2, 0) is 4.74 Å². The predicted molar refractivity (Wildman–Crippen MR) is 101 cm³/mol. The van der Waals surface area contributed by atoms with Crippen molar-refractivity contribution in [2.24, 2.45) is 5.92 Å². The molecule has 0 atom stereocenters. The van der Waals surface area contributed by atoms with Crippen molar-refractivity contribution in [1.29, 1.82) is 0 Å². The number of amides is 1. The number of hydrogen-bond acceptors (Lipinski definition) is 3. The Morgan fingerprint density at radius 3 is 2.15 bits per heavy atom. The Labute approximate surface area is 154 Å². The van der Waals surface area contributed by atoms with Gasteiger partial charge in [-0.1, -0.05) is 48.5 Å². The maximum absolute atomic E-state index is 12.5. The van der Waals surface area contributed by atoms with Gasteiger partial charge in [-0.2, -0.15) is 0 Å². The molecule has 1 fully saturated rings. The normalized spacial score (nSPS) is 17.0. The minimum absolute atomic E-state index is 0.110. The van der Waals surface area contributed by atoms with E-state index in [9.17, 15) is 4.79 Å². The van der Waals surface area contributed by atoms with Crippen molar-refractivity contribution >= 4 is 6.09 Å². The van der Waals surface area contributed by atoms with Gasteiger partial charge in [0.2, 0.25) is 0 Å². The number of nitrogens with zero attached hydrogens (tertiary/aromatic N) is 1. The lowest BCUT2D eigenvalue weighted by molar-refractivity contribution is 0.0827. The van der Waals surface area contributed by atoms with Gasteiger partial charge in [-0.05, 0) is 47.4 Å². The van der Waals surface area contributed by atoms with Gasteiger partial charge in [-0.15, -0.1) is 0 Å². The Kier molecular flexibility index (Phi) is 4.93. The zero-order chi connectivity index (χ0) is 17.9. The summed E-state index contributed by atoms with van der Waals surface area (Å²) in [6.45, 7) is 2.06. The average Bonchev–Trinajstić information content (AvgIpc) is 3.01. The summed E-state index contributed by atoms with van der Waals surface area (Å²) in [5.41, 5.74) is 4.97. The molecule has 4 heteroatoms. The summed E-state index contributed by atoms with van der Waals surface area (Å²) in [7, 11) is 0. The number of piperidine rings is 1. The Bertz CT molecular complexity index is 735. The first-order chi connectivity index (χ1) is 12.8. The monoisotopic (exact) mass is 351 g/mol. The predicted octanol–water partition coefficient (Wildman–Crippen LogP) is 4.03. The highest BCUT2D eigenvalue weighted by Gasteiger charge is 2.30. The molecule has 1 heterocycles. The van der Waals surface area contributed by atoms with E-state index in [0.29, 0.717) is 12.5 Å². The number of likely N-dealkylation sites (tertiary alicyclic amines) is 1. The molecule has 0 aromatic heterocycles. The molecule has 1 N–H and O–H groups in total. The molecule has 0 saturated carbocycles. The van der Waals surface area contributed by atoms with Crippen molar-refractivity contribution in [1.82, 2.24) is 4.90 Å². The zero-order valence-electron chi connectivity index (χ0n) is 14.9. The van der Waals surface area contributed by atoms with Crippen LogP contribution in [0.25, 0.3) is 11.1 Å². The number of aliphatic hydroxyl groups is 1. The van der Waals surface area contributed by atoms with Crippen molar-refractivity contribution in [2.45, 2.75) is 25.2 Å². The molecule has 0 spiro atoms. The molecular weight excluding hydrogens is 326 g/mol. The van der Waals surface area contributed by atoms with E-state index in [1.165, 1.54) is 22.3 Å². The maximum atomic E-state index is 12.5. The van der Waals surface area contributed by atoms with Crippen LogP contribution in [0.5, 0.6) is 0 Å². The van der Waals surface area contributed by atoms with E-state index in [4.69, 9.17) is 9.84 Å². The molecule has 136 valence electrons. The number of rotatable bonds is 4. The van der Waals surface area contributed by atoms with E-state index in [-0.39, 0.29) is 18.6 Å². The summed E-state index contributed by atoms with van der Waals surface area (Å²) in [5, 5.41) is 9.05. The standard InChI is InChI=1S/C22H25NO3/c24-14-11-16-9-12-23(13-10-16)22(25)26-15-21-19-7-3-1-5-17(19)18-6-2-4-8-20(18)21/h1-8,16,21,24H,9-15H2. The first-order valence-electron chi connectivity index (χ1n) is 9.48. The summed E-state index contributed by atoms with van der Waals surface area (Å²) in [4.78, 5) is 14.3. The molecule has 4 rings (SSSR count). The van der Waals surface area contributed by atoms with Crippen LogP contribution < -0.4 is 0 Å². The fourth-order valence-corrected chi connectivity index (χ4v) is 4.27. The van der Waals surface area contributed by atoms with Crippen LogP contribution in [0.15, 0.2) is 48.5 Å². The molecule has 0 bridgehead atoms. The highest BCUT2D eigenvalue weighted by molar-refractivity contribution is 5.79. The van der Waals surface area contributed by atoms with E-state index in [2.05, 4.69) is 36.4 Å². The summed E-state index contributed by atoms with van der Waals surface area (Å²) in [5.74, 6) is 0.635. The summed E-state index contributed by atoms with van der Waals surface area (Å²) in [6, 6.07) is 16.8. The van der Waals surface area contributed by atoms with Crippen LogP contribution >= 0.6 is 0 Å². The van der Waals surface area contributed by atoms with E-state index in [1.54, 1.807) is 4.90 Å². The fraction of sp³-hybridized carbons (Fsp3) is 0.409. The minimum Gasteiger partial charge on any atom is -0.448 e. The van der Waals surface area contributed by atoms with E-state index in [0.717, 1.165) is 32.4 Å². The third-order valence-corrected chi connectivity index (χ3v) is 5.75. The van der Waals surface area contributed by atoms with Crippen LogP contribution in [0.4, 0.5) is 4.79 Å². The fourth-order valence-electron chi connectivity index (χ4n) is 4.27. The van der Waals surface area contributed by atoms with Gasteiger partial charge in [0, 0.05) is 25.6 Å². The number of carbonyl (C=O) groups excluding carboxylic acids is 1. The summed E-state index contributed by atoms with van der Waals surface area (Å²) >= 11 is 0. The first kappa shape index (κ1) is 17.1. The largest absolute Gasteiger partial charge is 0.448 e. The summed E-state index contributed by atoms with van der Waals surface area (Å²) in [6.07, 6.45) is 2.52. The molecule has 0 radical (unpaired) electrons. The van der Waals surface area contributed by atoms with Gasteiger partial charge >= 0.3 is 6.09 Å². The number of fused-ring (bicyclic) bond motifs is 3. The van der Waals surface area contributed by atoms with Gasteiger partial charge in [0.1, 0.15) is 6.61 Å². The van der Waals surface area contributed by atoms with Crippen molar-refractivity contribution in [3.63, 3.8) is 0 Å². The van der Waals surface area contributed by atoms with Crippen LogP contribution in [0.2, 0.25) is 0 Å². The third-order valence-electron chi connectivity index (χ3n) is 5.75. The molecule has 1 amide bonds. The van der Waals surface area contributed by atoms with Gasteiger partial charge in [-0.25, -0.2) is 4.79 Å². The van der Waals surface area contributed by atoms with Crippen LogP contribution in [0, 0.1) is 5.92 Å². The van der Waals surface area contributed by atoms with E-state index in [1.807, 2.05) is 12.1 Å². The molecular formula is C22H25NO3. The Balaban J connectivity index is 1.41. The average molecular weight is 351 g/mol. The molecule has 4 nitrogen and oxygen atoms in total. The van der Waals surface area contributed by atoms with Crippen LogP contribution in [0.1, 0.15) is 36.3 Å². The van der Waals surface area contributed by atoms with Gasteiger partial charge in [0.15, 0.2) is 0 Å². The van der Waals surface area contributed by atoms with Crippen molar-refractivity contribution in [3.05, 3.63) is 59.7 Å². The molecule has 2 aliphatic rings. The van der Waals surface area contributed by atoms with Crippen LogP contribution in [0.3, 0.4) is 0 Å². The Hall–Kier alpha value is -2.33. The molecule has 1 aliphatic heterocycles. The molecule has 0 unspecified atom stereocenters. The smallest absolute Gasteiger partial charge is 0.409 e. The summed E-state index contributed by atoms with van der Waals surface area (Å²) < 4.78 is 5.71. The van der Waals surface area contributed by atoms with Gasteiger partial charge in [0.25, 0.3) is 0 Å². The highest BCUT2D eigenvalue weighted by atomic mass is 16.6. The second-order valence-electron chi connectivity index (χ2n) is 7.25. The topological polar surface area (TPSA) is 49.8 Å². The van der Waals surface area contributed by atoms with Gasteiger partial charge in [0.05, 0.1) is 0 Å². The lowest BCUT2D eigenvalue weighted by Crippen LogP contribution is -2.39. The number of carbonyl (C=O) groups is 1. The van der Waals surface area contributed by atoms with Crippen LogP contribution in [-0.4, -0.2) is 42.4 Å². The number of ether oxygens (including phenoxy) is 1. The van der Waals surface area contributed by atoms with E-state index < -0.39 is 0 Å². The number of aliphatic hydroxyl groups excluding tert-OH is 1. The van der Waals surface area contributed by atoms with Crippen molar-refractivity contribution < 1.29 is 14.6 Å². The SMILES string of the molecule is O=C(OCC1c2ccccc2-c2ccccc21)N1CCC(CCO)CC1. The lowest BCUT2D eigenvalue weighted by atomic mass is 9.94.